The van der Waals surface area contributed by atoms with E-state index in [9.17, 15) is 22.4 Å². The highest BCUT2D eigenvalue weighted by atomic mass is 19.4. The highest BCUT2D eigenvalue weighted by molar-refractivity contribution is 6.03. The molecule has 0 bridgehead atoms. The maximum Gasteiger partial charge on any atom is 0.433 e. The molecule has 7 nitrogen and oxygen atoms in total. The van der Waals surface area contributed by atoms with Crippen LogP contribution in [0.3, 0.4) is 0 Å². The first-order valence-electron chi connectivity index (χ1n) is 8.94. The Morgan fingerprint density at radius 2 is 1.90 bits per heavy atom. The molecule has 3 heterocycles. The van der Waals surface area contributed by atoms with Gasteiger partial charge in [-0.15, -0.1) is 0 Å². The number of carbonyl (C=O) groups is 1. The van der Waals surface area contributed by atoms with Gasteiger partial charge in [0.05, 0.1) is 17.4 Å². The van der Waals surface area contributed by atoms with Gasteiger partial charge in [0.25, 0.3) is 5.91 Å². The molecule has 1 N–H and O–H groups in total. The molecule has 0 saturated carbocycles. The molecule has 11 heteroatoms. The number of rotatable bonds is 3. The van der Waals surface area contributed by atoms with Crippen LogP contribution >= 0.6 is 0 Å². The number of fused-ring (bicyclic) bond motifs is 1. The first kappa shape index (κ1) is 20.4. The van der Waals surface area contributed by atoms with Crippen molar-refractivity contribution in [2.24, 2.45) is 7.05 Å². The Balaban J connectivity index is 1.65. The number of nitrogens with zero attached hydrogens (tertiary/aromatic N) is 5. The molecule has 1 aromatic carbocycles. The zero-order valence-corrected chi connectivity index (χ0v) is 16.2. The van der Waals surface area contributed by atoms with Gasteiger partial charge in [-0.1, -0.05) is 0 Å². The van der Waals surface area contributed by atoms with Crippen molar-refractivity contribution in [3.05, 3.63) is 65.5 Å². The second-order valence-electron chi connectivity index (χ2n) is 6.74. The number of aromatic nitrogens is 5. The predicted octanol–water partition coefficient (Wildman–Crippen LogP) is 4.14. The van der Waals surface area contributed by atoms with Gasteiger partial charge in [0.2, 0.25) is 0 Å². The average molecular weight is 430 g/mol. The van der Waals surface area contributed by atoms with Crippen molar-refractivity contribution in [2.75, 3.05) is 5.32 Å². The van der Waals surface area contributed by atoms with Crippen molar-refractivity contribution in [1.82, 2.24) is 24.7 Å². The highest BCUT2D eigenvalue weighted by Crippen LogP contribution is 2.31. The molecule has 0 aliphatic heterocycles. The Morgan fingerprint density at radius 1 is 1.13 bits per heavy atom. The summed E-state index contributed by atoms with van der Waals surface area (Å²) in [5, 5.41) is 6.34. The topological polar surface area (TPSA) is 85.6 Å². The zero-order chi connectivity index (χ0) is 22.3. The van der Waals surface area contributed by atoms with E-state index in [4.69, 9.17) is 0 Å². The Morgan fingerprint density at radius 3 is 2.55 bits per heavy atom. The van der Waals surface area contributed by atoms with Crippen LogP contribution in [-0.4, -0.2) is 30.6 Å². The van der Waals surface area contributed by atoms with E-state index < -0.39 is 23.6 Å². The maximum atomic E-state index is 14.6. The van der Waals surface area contributed by atoms with Gasteiger partial charge in [-0.2, -0.15) is 18.3 Å². The summed E-state index contributed by atoms with van der Waals surface area (Å²) in [5.74, 6) is -1.14. The number of hydrogen-bond donors (Lipinski definition) is 1. The monoisotopic (exact) mass is 430 g/mol. The van der Waals surface area contributed by atoms with Crippen molar-refractivity contribution in [2.45, 2.75) is 13.1 Å². The molecule has 1 amide bonds. The third-order valence-electron chi connectivity index (χ3n) is 4.56. The average Bonchev–Trinajstić information content (AvgIpc) is 3.14. The molecule has 0 aliphatic rings. The van der Waals surface area contributed by atoms with Crippen LogP contribution in [-0.2, 0) is 13.2 Å². The third-order valence-corrected chi connectivity index (χ3v) is 4.56. The van der Waals surface area contributed by atoms with Gasteiger partial charge in [0.15, 0.2) is 5.82 Å². The molecular weight excluding hydrogens is 416 g/mol. The van der Waals surface area contributed by atoms with E-state index in [1.54, 1.807) is 7.05 Å². The molecule has 4 rings (SSSR count). The third kappa shape index (κ3) is 3.93. The number of anilines is 1. The molecule has 0 aliphatic carbocycles. The van der Waals surface area contributed by atoms with E-state index in [1.165, 1.54) is 36.0 Å². The van der Waals surface area contributed by atoms with Crippen molar-refractivity contribution in [3.63, 3.8) is 0 Å². The molecule has 158 valence electrons. The van der Waals surface area contributed by atoms with E-state index in [-0.39, 0.29) is 39.4 Å². The lowest BCUT2D eigenvalue weighted by atomic mass is 10.1. The van der Waals surface area contributed by atoms with Crippen LogP contribution in [0, 0.1) is 12.7 Å². The van der Waals surface area contributed by atoms with Crippen molar-refractivity contribution < 1.29 is 22.4 Å². The Bertz CT molecular complexity index is 1320. The van der Waals surface area contributed by atoms with Gasteiger partial charge >= 0.3 is 6.18 Å². The fourth-order valence-electron chi connectivity index (χ4n) is 3.01. The van der Waals surface area contributed by atoms with E-state index in [2.05, 4.69) is 25.4 Å². The lowest BCUT2D eigenvalue weighted by Gasteiger charge is -2.10. The van der Waals surface area contributed by atoms with Gasteiger partial charge in [-0.3, -0.25) is 9.48 Å². The normalized spacial score (nSPS) is 11.7. The quantitative estimate of drug-likeness (QED) is 0.494. The molecule has 3 aromatic heterocycles. The minimum Gasteiger partial charge on any atom is -0.318 e. The van der Waals surface area contributed by atoms with E-state index in [0.29, 0.717) is 0 Å². The molecule has 0 fully saturated rings. The number of pyridine rings is 1. The van der Waals surface area contributed by atoms with Gasteiger partial charge in [-0.25, -0.2) is 19.3 Å². The van der Waals surface area contributed by atoms with E-state index in [0.717, 1.165) is 18.3 Å². The van der Waals surface area contributed by atoms with E-state index in [1.807, 2.05) is 0 Å². The number of nitrogens with one attached hydrogen (secondary N) is 1. The number of aryl methyl sites for hydroxylation is 2. The van der Waals surface area contributed by atoms with Crippen LogP contribution in [0.1, 0.15) is 21.7 Å². The summed E-state index contributed by atoms with van der Waals surface area (Å²) < 4.78 is 54.8. The van der Waals surface area contributed by atoms with Gasteiger partial charge in [0, 0.05) is 18.8 Å². The van der Waals surface area contributed by atoms with Crippen LogP contribution in [0.4, 0.5) is 23.2 Å². The molecule has 0 saturated heterocycles. The molecule has 0 unspecified atom stereocenters. The highest BCUT2D eigenvalue weighted by Gasteiger charge is 2.33. The fraction of sp³-hybridized carbons (Fsp3) is 0.150. The Hall–Kier alpha value is -3.89. The number of amides is 1. The summed E-state index contributed by atoms with van der Waals surface area (Å²) in [6.45, 7) is 1.48. The van der Waals surface area contributed by atoms with Gasteiger partial charge in [-0.05, 0) is 42.8 Å². The second kappa shape index (κ2) is 7.42. The van der Waals surface area contributed by atoms with Gasteiger partial charge in [0.1, 0.15) is 22.7 Å². The first-order valence-corrected chi connectivity index (χ1v) is 8.94. The minimum atomic E-state index is -4.59. The molecule has 0 spiro atoms. The van der Waals surface area contributed by atoms with Crippen LogP contribution in [0.2, 0.25) is 0 Å². The Labute approximate surface area is 172 Å². The smallest absolute Gasteiger partial charge is 0.318 e. The number of halogens is 4. The lowest BCUT2D eigenvalue weighted by molar-refractivity contribution is -0.141. The molecule has 0 radical (unpaired) electrons. The first-order chi connectivity index (χ1) is 14.6. The maximum absolute atomic E-state index is 14.6. The number of carbonyl (C=O) groups excluding carboxylic acids is 1. The number of hydrogen-bond acceptors (Lipinski definition) is 5. The van der Waals surface area contributed by atoms with Crippen molar-refractivity contribution in [3.8, 4) is 11.4 Å². The largest absolute Gasteiger partial charge is 0.433 e. The van der Waals surface area contributed by atoms with Gasteiger partial charge < -0.3 is 5.32 Å². The van der Waals surface area contributed by atoms with Crippen molar-refractivity contribution in [1.29, 1.82) is 0 Å². The fourth-order valence-corrected chi connectivity index (χ4v) is 3.01. The standard InChI is InChI=1S/C20H14F4N6O/c1-10-7-16(20(22,23)24)27-14-9-25-18(29-17(10)14)11-3-4-13(12(21)8-11)28-19(31)15-5-6-26-30(15)2/h3-9H,1-2H3,(H,28,31). The van der Waals surface area contributed by atoms with E-state index >= 15 is 0 Å². The number of alkyl halides is 3. The minimum absolute atomic E-state index is 0.0170. The summed E-state index contributed by atoms with van der Waals surface area (Å²) >= 11 is 0. The SMILES string of the molecule is Cc1cc(C(F)(F)F)nc2cnc(-c3ccc(NC(=O)c4ccnn4C)c(F)c3)nc12. The summed E-state index contributed by atoms with van der Waals surface area (Å²) in [5.41, 5.74) is -0.0679. The summed E-state index contributed by atoms with van der Waals surface area (Å²) in [6, 6.07) is 6.37. The molecule has 4 aromatic rings. The van der Waals surface area contributed by atoms with Crippen LogP contribution < -0.4 is 5.32 Å². The second-order valence-corrected chi connectivity index (χ2v) is 6.74. The lowest BCUT2D eigenvalue weighted by Crippen LogP contribution is -2.16. The molecule has 31 heavy (non-hydrogen) atoms. The summed E-state index contributed by atoms with van der Waals surface area (Å²) in [7, 11) is 1.58. The Kier molecular flexibility index (Phi) is 4.88. The van der Waals surface area contributed by atoms with Crippen LogP contribution in [0.25, 0.3) is 22.4 Å². The molecular formula is C20H14F4N6O. The predicted molar refractivity (Wildman–Crippen MR) is 104 cm³/mol. The molecule has 0 atom stereocenters. The summed E-state index contributed by atoms with van der Waals surface area (Å²) in [6.07, 6.45) is -1.98. The summed E-state index contributed by atoms with van der Waals surface area (Å²) in [4.78, 5) is 24.1. The van der Waals surface area contributed by atoms with Crippen LogP contribution in [0.5, 0.6) is 0 Å². The van der Waals surface area contributed by atoms with Crippen molar-refractivity contribution >= 4 is 22.6 Å². The zero-order valence-electron chi connectivity index (χ0n) is 16.2. The van der Waals surface area contributed by atoms with Crippen LogP contribution in [0.15, 0.2) is 42.7 Å². The number of benzene rings is 1.